The summed E-state index contributed by atoms with van der Waals surface area (Å²) in [4.78, 5) is 0. The number of nitrogens with two attached hydrogens (primary N) is 1. The van der Waals surface area contributed by atoms with Crippen LogP contribution in [0.5, 0.6) is 0 Å². The number of hydrogen-bond acceptors (Lipinski definition) is 1. The average Bonchev–Trinajstić information content (AvgIpc) is 2.50. The van der Waals surface area contributed by atoms with E-state index in [0.29, 0.717) is 5.92 Å². The highest BCUT2D eigenvalue weighted by atomic mass is 79.9. The molecule has 1 aromatic carbocycles. The summed E-state index contributed by atoms with van der Waals surface area (Å²) in [5, 5.41) is 0. The maximum absolute atomic E-state index is 6.66. The Morgan fingerprint density at radius 2 is 1.71 bits per heavy atom. The van der Waals surface area contributed by atoms with Crippen molar-refractivity contribution < 1.29 is 0 Å². The van der Waals surface area contributed by atoms with Gasteiger partial charge in [0.25, 0.3) is 0 Å². The van der Waals surface area contributed by atoms with Crippen LogP contribution in [-0.4, -0.2) is 0 Å². The molecule has 2 aliphatic rings. The second-order valence-electron chi connectivity index (χ2n) is 7.03. The van der Waals surface area contributed by atoms with Crippen LogP contribution >= 0.6 is 31.9 Å². The monoisotopic (exact) mass is 413 g/mol. The molecule has 2 N–H and O–H groups in total. The van der Waals surface area contributed by atoms with Crippen molar-refractivity contribution in [2.24, 2.45) is 23.5 Å². The fourth-order valence-corrected chi connectivity index (χ4v) is 5.49. The van der Waals surface area contributed by atoms with Crippen molar-refractivity contribution in [2.75, 3.05) is 0 Å². The SMILES string of the molecule is Cc1cc(Br)c(C(N)C2CCC3CCCCC3C2)cc1Br. The Morgan fingerprint density at radius 1 is 1.00 bits per heavy atom. The van der Waals surface area contributed by atoms with Crippen LogP contribution in [0.1, 0.15) is 62.1 Å². The minimum absolute atomic E-state index is 0.166. The van der Waals surface area contributed by atoms with Gasteiger partial charge >= 0.3 is 0 Å². The number of fused-ring (bicyclic) bond motifs is 1. The third-order valence-electron chi connectivity index (χ3n) is 5.73. The summed E-state index contributed by atoms with van der Waals surface area (Å²) >= 11 is 7.37. The van der Waals surface area contributed by atoms with Gasteiger partial charge in [-0.1, -0.05) is 57.5 Å². The van der Waals surface area contributed by atoms with E-state index in [0.717, 1.165) is 11.8 Å². The standard InChI is InChI=1S/C18H25Br2N/c1-11-8-17(20)15(10-16(11)19)18(21)14-7-6-12-4-2-3-5-13(12)9-14/h8,10,12-14,18H,2-7,9,21H2,1H3. The van der Waals surface area contributed by atoms with Crippen molar-refractivity contribution in [3.63, 3.8) is 0 Å². The fourth-order valence-electron chi connectivity index (χ4n) is 4.41. The Morgan fingerprint density at radius 3 is 2.48 bits per heavy atom. The smallest absolute Gasteiger partial charge is 0.0335 e. The van der Waals surface area contributed by atoms with Gasteiger partial charge in [0.1, 0.15) is 0 Å². The first-order valence-corrected chi connectivity index (χ1v) is 9.86. The summed E-state index contributed by atoms with van der Waals surface area (Å²) in [5.74, 6) is 2.59. The zero-order valence-electron chi connectivity index (χ0n) is 12.7. The molecule has 2 fully saturated rings. The Balaban J connectivity index is 1.76. The van der Waals surface area contributed by atoms with Gasteiger partial charge in [0.15, 0.2) is 0 Å². The minimum Gasteiger partial charge on any atom is -0.324 e. The van der Waals surface area contributed by atoms with E-state index >= 15 is 0 Å². The Labute approximate surface area is 145 Å². The maximum Gasteiger partial charge on any atom is 0.0335 e. The molecule has 2 saturated carbocycles. The molecule has 0 aromatic heterocycles. The van der Waals surface area contributed by atoms with E-state index in [4.69, 9.17) is 5.73 Å². The molecule has 3 rings (SSSR count). The molecule has 21 heavy (non-hydrogen) atoms. The molecule has 0 spiro atoms. The number of rotatable bonds is 2. The van der Waals surface area contributed by atoms with Crippen LogP contribution in [0.3, 0.4) is 0 Å². The highest BCUT2D eigenvalue weighted by Gasteiger charge is 2.35. The van der Waals surface area contributed by atoms with Gasteiger partial charge in [0.05, 0.1) is 0 Å². The molecule has 0 heterocycles. The topological polar surface area (TPSA) is 26.0 Å². The van der Waals surface area contributed by atoms with Crippen LogP contribution in [0, 0.1) is 24.7 Å². The molecular formula is C18H25Br2N. The molecular weight excluding hydrogens is 390 g/mol. The van der Waals surface area contributed by atoms with Crippen LogP contribution in [0.4, 0.5) is 0 Å². The number of benzene rings is 1. The van der Waals surface area contributed by atoms with Gasteiger partial charge in [-0.25, -0.2) is 0 Å². The van der Waals surface area contributed by atoms with Crippen LogP contribution < -0.4 is 5.73 Å². The van der Waals surface area contributed by atoms with Gasteiger partial charge in [-0.3, -0.25) is 0 Å². The quantitative estimate of drug-likeness (QED) is 0.618. The molecule has 0 radical (unpaired) electrons. The molecule has 0 saturated heterocycles. The third-order valence-corrected chi connectivity index (χ3v) is 7.27. The summed E-state index contributed by atoms with van der Waals surface area (Å²) in [6.07, 6.45) is 9.83. The van der Waals surface area contributed by atoms with E-state index in [1.807, 2.05) is 0 Å². The van der Waals surface area contributed by atoms with Crippen LogP contribution in [0.2, 0.25) is 0 Å². The van der Waals surface area contributed by atoms with Gasteiger partial charge in [-0.2, -0.15) is 0 Å². The molecule has 0 bridgehead atoms. The van der Waals surface area contributed by atoms with E-state index in [1.54, 1.807) is 0 Å². The number of halogens is 2. The van der Waals surface area contributed by atoms with Crippen molar-refractivity contribution in [2.45, 2.75) is 57.9 Å². The Hall–Kier alpha value is 0.140. The Kier molecular flexibility index (Phi) is 5.12. The largest absolute Gasteiger partial charge is 0.324 e. The van der Waals surface area contributed by atoms with Crippen LogP contribution in [0.15, 0.2) is 21.1 Å². The third kappa shape index (κ3) is 3.40. The molecule has 2 aliphatic carbocycles. The van der Waals surface area contributed by atoms with Crippen molar-refractivity contribution in [3.05, 3.63) is 32.2 Å². The van der Waals surface area contributed by atoms with Gasteiger partial charge < -0.3 is 5.73 Å². The average molecular weight is 415 g/mol. The van der Waals surface area contributed by atoms with Gasteiger partial charge in [-0.15, -0.1) is 0 Å². The second-order valence-corrected chi connectivity index (χ2v) is 8.74. The molecule has 1 nitrogen and oxygen atoms in total. The molecule has 3 heteroatoms. The molecule has 4 unspecified atom stereocenters. The van der Waals surface area contributed by atoms with E-state index in [9.17, 15) is 0 Å². The van der Waals surface area contributed by atoms with Crippen molar-refractivity contribution in [1.82, 2.24) is 0 Å². The van der Waals surface area contributed by atoms with E-state index in [2.05, 4.69) is 50.9 Å². The van der Waals surface area contributed by atoms with Gasteiger partial charge in [0, 0.05) is 15.0 Å². The molecule has 0 aliphatic heterocycles. The summed E-state index contributed by atoms with van der Waals surface area (Å²) < 4.78 is 2.34. The lowest BCUT2D eigenvalue weighted by atomic mass is 9.65. The van der Waals surface area contributed by atoms with Crippen molar-refractivity contribution in [1.29, 1.82) is 0 Å². The van der Waals surface area contributed by atoms with Crippen molar-refractivity contribution >= 4 is 31.9 Å². The highest BCUT2D eigenvalue weighted by molar-refractivity contribution is 9.11. The van der Waals surface area contributed by atoms with Crippen LogP contribution in [0.25, 0.3) is 0 Å². The normalized spacial score (nSPS) is 30.8. The van der Waals surface area contributed by atoms with E-state index < -0.39 is 0 Å². The van der Waals surface area contributed by atoms with E-state index in [1.165, 1.54) is 65.0 Å². The lowest BCUT2D eigenvalue weighted by Gasteiger charge is -2.41. The summed E-state index contributed by atoms with van der Waals surface area (Å²) in [5.41, 5.74) is 9.19. The summed E-state index contributed by atoms with van der Waals surface area (Å²) in [6, 6.07) is 4.57. The van der Waals surface area contributed by atoms with E-state index in [-0.39, 0.29) is 6.04 Å². The molecule has 1 aromatic rings. The Bertz CT molecular complexity index is 514. The molecule has 0 amide bonds. The van der Waals surface area contributed by atoms with Gasteiger partial charge in [0.2, 0.25) is 0 Å². The molecule has 116 valence electrons. The number of aryl methyl sites for hydroxylation is 1. The van der Waals surface area contributed by atoms with Gasteiger partial charge in [-0.05, 0) is 67.2 Å². The van der Waals surface area contributed by atoms with Crippen LogP contribution in [-0.2, 0) is 0 Å². The predicted octanol–water partition coefficient (Wildman–Crippen LogP) is 6.13. The highest BCUT2D eigenvalue weighted by Crippen LogP contribution is 2.46. The first kappa shape index (κ1) is 16.0. The summed E-state index contributed by atoms with van der Waals surface area (Å²) in [7, 11) is 0. The lowest BCUT2D eigenvalue weighted by Crippen LogP contribution is -2.33. The molecule has 4 atom stereocenters. The number of hydrogen-bond donors (Lipinski definition) is 1. The predicted molar refractivity (Wildman–Crippen MR) is 96.3 cm³/mol. The summed E-state index contributed by atoms with van der Waals surface area (Å²) in [6.45, 7) is 2.12. The maximum atomic E-state index is 6.66. The first-order valence-electron chi connectivity index (χ1n) is 8.27. The van der Waals surface area contributed by atoms with Crippen molar-refractivity contribution in [3.8, 4) is 0 Å². The fraction of sp³-hybridized carbons (Fsp3) is 0.667. The first-order chi connectivity index (χ1) is 10.1. The second kappa shape index (κ2) is 6.72. The zero-order valence-corrected chi connectivity index (χ0v) is 15.9. The zero-order chi connectivity index (χ0) is 15.0. The lowest BCUT2D eigenvalue weighted by molar-refractivity contribution is 0.117. The minimum atomic E-state index is 0.166.